The van der Waals surface area contributed by atoms with Crippen molar-refractivity contribution in [3.8, 4) is 11.6 Å². The molecule has 0 aliphatic carbocycles. The summed E-state index contributed by atoms with van der Waals surface area (Å²) < 4.78 is 5.75. The van der Waals surface area contributed by atoms with Crippen LogP contribution in [0.25, 0.3) is 0 Å². The minimum atomic E-state index is 0.190. The Morgan fingerprint density at radius 3 is 2.45 bits per heavy atom. The van der Waals surface area contributed by atoms with Crippen LogP contribution in [0.4, 0.5) is 0 Å². The molecule has 20 heavy (non-hydrogen) atoms. The standard InChI is InChI=1S/C17H20ClNO/c1-4-17(2,3)14-5-7-15(8-6-14)20-16-11-13(12-18)9-10-19-16/h5-11H,4,12H2,1-3H3. The monoisotopic (exact) mass is 289 g/mol. The first-order chi connectivity index (χ1) is 9.55. The van der Waals surface area contributed by atoms with Crippen LogP contribution in [0.1, 0.15) is 38.3 Å². The van der Waals surface area contributed by atoms with Crippen LogP contribution >= 0.6 is 11.6 Å². The van der Waals surface area contributed by atoms with Crippen LogP contribution in [0.3, 0.4) is 0 Å². The fourth-order valence-corrected chi connectivity index (χ4v) is 2.05. The lowest BCUT2D eigenvalue weighted by Crippen LogP contribution is -2.14. The largest absolute Gasteiger partial charge is 0.439 e. The number of pyridine rings is 1. The summed E-state index contributed by atoms with van der Waals surface area (Å²) in [6.45, 7) is 6.69. The average molecular weight is 290 g/mol. The van der Waals surface area contributed by atoms with Gasteiger partial charge < -0.3 is 4.74 Å². The SMILES string of the molecule is CCC(C)(C)c1ccc(Oc2cc(CCl)ccn2)cc1. The van der Waals surface area contributed by atoms with Gasteiger partial charge in [-0.1, -0.05) is 32.9 Å². The van der Waals surface area contributed by atoms with Crippen LogP contribution < -0.4 is 4.74 Å². The molecule has 0 atom stereocenters. The van der Waals surface area contributed by atoms with Crippen molar-refractivity contribution >= 4 is 11.6 Å². The molecule has 1 aromatic carbocycles. The molecule has 0 radical (unpaired) electrons. The highest BCUT2D eigenvalue weighted by atomic mass is 35.5. The summed E-state index contributed by atoms with van der Waals surface area (Å²) in [6.07, 6.45) is 2.81. The second kappa shape index (κ2) is 6.27. The second-order valence-corrected chi connectivity index (χ2v) is 5.77. The molecule has 0 N–H and O–H groups in total. The quantitative estimate of drug-likeness (QED) is 0.697. The minimum absolute atomic E-state index is 0.190. The van der Waals surface area contributed by atoms with E-state index in [-0.39, 0.29) is 5.41 Å². The topological polar surface area (TPSA) is 22.1 Å². The van der Waals surface area contributed by atoms with Crippen molar-refractivity contribution in [2.75, 3.05) is 0 Å². The third-order valence-corrected chi connectivity index (χ3v) is 4.00. The van der Waals surface area contributed by atoms with Gasteiger partial charge in [-0.3, -0.25) is 0 Å². The van der Waals surface area contributed by atoms with E-state index in [9.17, 15) is 0 Å². The molecule has 2 rings (SSSR count). The smallest absolute Gasteiger partial charge is 0.219 e. The number of hydrogen-bond donors (Lipinski definition) is 0. The zero-order chi connectivity index (χ0) is 14.6. The van der Waals surface area contributed by atoms with Gasteiger partial charge in [-0.15, -0.1) is 11.6 Å². The summed E-state index contributed by atoms with van der Waals surface area (Å²) >= 11 is 5.81. The Kier molecular flexibility index (Phi) is 4.66. The predicted molar refractivity (Wildman–Crippen MR) is 83.6 cm³/mol. The third-order valence-electron chi connectivity index (χ3n) is 3.70. The van der Waals surface area contributed by atoms with Crippen molar-refractivity contribution in [2.24, 2.45) is 0 Å². The van der Waals surface area contributed by atoms with E-state index in [1.807, 2.05) is 24.3 Å². The van der Waals surface area contributed by atoms with E-state index in [0.29, 0.717) is 11.8 Å². The summed E-state index contributed by atoms with van der Waals surface area (Å²) in [7, 11) is 0. The van der Waals surface area contributed by atoms with Gasteiger partial charge in [-0.2, -0.15) is 0 Å². The maximum atomic E-state index is 5.81. The second-order valence-electron chi connectivity index (χ2n) is 5.50. The van der Waals surface area contributed by atoms with Crippen molar-refractivity contribution < 1.29 is 4.74 Å². The Labute approximate surface area is 125 Å². The Hall–Kier alpha value is -1.54. The lowest BCUT2D eigenvalue weighted by Gasteiger charge is -2.23. The van der Waals surface area contributed by atoms with E-state index >= 15 is 0 Å². The minimum Gasteiger partial charge on any atom is -0.439 e. The molecule has 0 unspecified atom stereocenters. The molecule has 1 aromatic heterocycles. The van der Waals surface area contributed by atoms with Crippen LogP contribution in [0.5, 0.6) is 11.6 Å². The number of nitrogens with zero attached hydrogens (tertiary/aromatic N) is 1. The predicted octanol–water partition coefficient (Wildman–Crippen LogP) is 5.30. The first-order valence-corrected chi connectivity index (χ1v) is 7.38. The molecule has 0 amide bonds. The number of ether oxygens (including phenoxy) is 1. The van der Waals surface area contributed by atoms with E-state index in [4.69, 9.17) is 16.3 Å². The maximum Gasteiger partial charge on any atom is 0.219 e. The number of aromatic nitrogens is 1. The number of hydrogen-bond acceptors (Lipinski definition) is 2. The van der Waals surface area contributed by atoms with Crippen LogP contribution in [0.15, 0.2) is 42.6 Å². The highest BCUT2D eigenvalue weighted by Gasteiger charge is 2.17. The summed E-state index contributed by atoms with van der Waals surface area (Å²) in [6, 6.07) is 11.9. The molecule has 106 valence electrons. The number of alkyl halides is 1. The molecule has 1 heterocycles. The molecular formula is C17H20ClNO. The Balaban J connectivity index is 2.14. The Morgan fingerprint density at radius 1 is 1.15 bits per heavy atom. The van der Waals surface area contributed by atoms with Gasteiger partial charge in [0.25, 0.3) is 0 Å². The van der Waals surface area contributed by atoms with Gasteiger partial charge in [0, 0.05) is 18.1 Å². The summed E-state index contributed by atoms with van der Waals surface area (Å²) in [5, 5.41) is 0. The van der Waals surface area contributed by atoms with Gasteiger partial charge >= 0.3 is 0 Å². The average Bonchev–Trinajstić information content (AvgIpc) is 2.48. The molecule has 2 aromatic rings. The van der Waals surface area contributed by atoms with E-state index in [0.717, 1.165) is 17.7 Å². The number of rotatable bonds is 5. The van der Waals surface area contributed by atoms with E-state index in [1.165, 1.54) is 5.56 Å². The molecule has 2 nitrogen and oxygen atoms in total. The van der Waals surface area contributed by atoms with Crippen LogP contribution in [-0.2, 0) is 11.3 Å². The van der Waals surface area contributed by atoms with E-state index in [1.54, 1.807) is 6.20 Å². The van der Waals surface area contributed by atoms with Crippen molar-refractivity contribution in [1.82, 2.24) is 4.98 Å². The molecule has 3 heteroatoms. The molecule has 0 fully saturated rings. The molecule has 0 saturated carbocycles. The molecular weight excluding hydrogens is 270 g/mol. The fourth-order valence-electron chi connectivity index (χ4n) is 1.89. The Morgan fingerprint density at radius 2 is 1.85 bits per heavy atom. The molecule has 0 spiro atoms. The van der Waals surface area contributed by atoms with Crippen LogP contribution in [-0.4, -0.2) is 4.98 Å². The maximum absolute atomic E-state index is 5.81. The van der Waals surface area contributed by atoms with Gasteiger partial charge in [0.15, 0.2) is 0 Å². The van der Waals surface area contributed by atoms with Crippen molar-refractivity contribution in [2.45, 2.75) is 38.5 Å². The van der Waals surface area contributed by atoms with E-state index < -0.39 is 0 Å². The van der Waals surface area contributed by atoms with Gasteiger partial charge in [-0.05, 0) is 41.2 Å². The summed E-state index contributed by atoms with van der Waals surface area (Å²) in [4.78, 5) is 4.19. The first kappa shape index (κ1) is 14.9. The zero-order valence-electron chi connectivity index (χ0n) is 12.2. The number of halogens is 1. The number of benzene rings is 1. The van der Waals surface area contributed by atoms with Crippen LogP contribution in [0, 0.1) is 0 Å². The van der Waals surface area contributed by atoms with Gasteiger partial charge in [0.05, 0.1) is 0 Å². The van der Waals surface area contributed by atoms with Gasteiger partial charge in [0.1, 0.15) is 5.75 Å². The highest BCUT2D eigenvalue weighted by molar-refractivity contribution is 6.17. The normalized spacial score (nSPS) is 11.4. The molecule has 0 aliphatic rings. The molecule has 0 bridgehead atoms. The lowest BCUT2D eigenvalue weighted by molar-refractivity contribution is 0.460. The lowest BCUT2D eigenvalue weighted by atomic mass is 9.82. The third kappa shape index (κ3) is 3.51. The first-order valence-electron chi connectivity index (χ1n) is 6.84. The molecule has 0 aliphatic heterocycles. The molecule has 0 saturated heterocycles. The van der Waals surface area contributed by atoms with Crippen LogP contribution in [0.2, 0.25) is 0 Å². The summed E-state index contributed by atoms with van der Waals surface area (Å²) in [5.74, 6) is 1.83. The fraction of sp³-hybridized carbons (Fsp3) is 0.353. The van der Waals surface area contributed by atoms with Gasteiger partial charge in [0.2, 0.25) is 5.88 Å². The van der Waals surface area contributed by atoms with Crippen molar-refractivity contribution in [3.05, 3.63) is 53.7 Å². The Bertz CT molecular complexity index is 563. The highest BCUT2D eigenvalue weighted by Crippen LogP contribution is 2.29. The van der Waals surface area contributed by atoms with Crippen molar-refractivity contribution in [3.63, 3.8) is 0 Å². The van der Waals surface area contributed by atoms with E-state index in [2.05, 4.69) is 37.9 Å². The van der Waals surface area contributed by atoms with Gasteiger partial charge in [-0.25, -0.2) is 4.98 Å². The zero-order valence-corrected chi connectivity index (χ0v) is 12.9. The van der Waals surface area contributed by atoms with Crippen molar-refractivity contribution in [1.29, 1.82) is 0 Å². The summed E-state index contributed by atoms with van der Waals surface area (Å²) in [5.41, 5.74) is 2.50.